The smallest absolute Gasteiger partial charge is 0.123 e. The Morgan fingerprint density at radius 3 is 1.77 bits per heavy atom. The van der Waals surface area contributed by atoms with Crippen LogP contribution >= 0.6 is 0 Å². The zero-order valence-electron chi connectivity index (χ0n) is 29.7. The summed E-state index contributed by atoms with van der Waals surface area (Å²) in [5, 5.41) is 12.7. The summed E-state index contributed by atoms with van der Waals surface area (Å²) in [4.78, 5) is 12.9. The van der Waals surface area contributed by atoms with Crippen LogP contribution in [0.3, 0.4) is 0 Å². The summed E-state index contributed by atoms with van der Waals surface area (Å²) < 4.78 is 30.7. The first-order valence-electron chi connectivity index (χ1n) is 16.6. The van der Waals surface area contributed by atoms with Gasteiger partial charge in [-0.1, -0.05) is 60.7 Å². The summed E-state index contributed by atoms with van der Waals surface area (Å²) >= 11 is 0. The molecule has 1 aliphatic rings. The predicted octanol–water partition coefficient (Wildman–Crippen LogP) is 6.75. The maximum atomic E-state index is 13.2. The van der Waals surface area contributed by atoms with Crippen LogP contribution in [0.2, 0.25) is 0 Å². The molecule has 1 aliphatic heterocycles. The van der Waals surface area contributed by atoms with Crippen molar-refractivity contribution in [2.75, 3.05) is 13.7 Å². The summed E-state index contributed by atoms with van der Waals surface area (Å²) in [6.45, 7) is 6.14. The number of benzene rings is 4. The minimum Gasteiger partial charge on any atom is -0.412 e. The first kappa shape index (κ1) is 42.5. The molecule has 7 aromatic rings. The molecule has 0 amide bonds. The van der Waals surface area contributed by atoms with Crippen LogP contribution in [0.1, 0.15) is 48.2 Å². The van der Waals surface area contributed by atoms with E-state index in [1.54, 1.807) is 6.20 Å². The summed E-state index contributed by atoms with van der Waals surface area (Å²) in [5.74, 6) is -0.431. The van der Waals surface area contributed by atoms with Crippen LogP contribution in [0.25, 0.3) is 33.3 Å². The fourth-order valence-electron chi connectivity index (χ4n) is 6.57. The molecule has 0 saturated carbocycles. The van der Waals surface area contributed by atoms with E-state index in [9.17, 15) is 8.78 Å². The Morgan fingerprint density at radius 1 is 0.660 bits per heavy atom. The molecule has 0 radical (unpaired) electrons. The second-order valence-corrected chi connectivity index (χ2v) is 12.1. The first-order chi connectivity index (χ1) is 24.5. The minimum absolute atomic E-state index is 0. The van der Waals surface area contributed by atoms with Crippen LogP contribution in [0.5, 0.6) is 0 Å². The molecule has 4 aromatic carbocycles. The van der Waals surface area contributed by atoms with Crippen LogP contribution < -0.4 is 5.32 Å². The molecule has 0 spiro atoms. The minimum atomic E-state index is -0.224. The van der Waals surface area contributed by atoms with Crippen molar-refractivity contribution in [3.8, 4) is 22.5 Å². The number of nitrogens with zero attached hydrogens (tertiary/aromatic N) is 5. The molecule has 6 N–H and O–H groups in total. The Morgan fingerprint density at radius 2 is 1.19 bits per heavy atom. The van der Waals surface area contributed by atoms with E-state index in [-0.39, 0.29) is 55.1 Å². The Labute approximate surface area is 321 Å². The van der Waals surface area contributed by atoms with E-state index in [1.807, 2.05) is 67.6 Å². The Kier molecular flexibility index (Phi) is 15.9. The Balaban J connectivity index is 0.000000259. The van der Waals surface area contributed by atoms with Crippen LogP contribution in [0, 0.1) is 11.6 Å². The molecular weight excluding hydrogens is 769 g/mol. The molecule has 280 valence electrons. The maximum Gasteiger partial charge on any atom is 0.123 e. The molecule has 0 fully saturated rings. The number of imidazole rings is 2. The average molecular weight is 813 g/mol. The van der Waals surface area contributed by atoms with Crippen LogP contribution in [-0.2, 0) is 33.4 Å². The Hall–Kier alpha value is -4.93. The number of pyridine rings is 1. The van der Waals surface area contributed by atoms with Crippen molar-refractivity contribution in [2.45, 2.75) is 38.9 Å². The zero-order chi connectivity index (χ0) is 35.0. The standard InChI is InChI=1S/C20H20FN3.C20H16FN3.CH4O.2H2O.Pd/c2*1-14(15-5-7-17(21)8-6-15)24-13-23-12-20(24)19-4-2-3-16-11-22-10-9-18(16)19;1-2;;;/h2-8,12-14,22H,9-11H2,1H3;2-14H,1H3;2H,1H3;2*1H2;/t2*14-;;;;/m11..../s1. The van der Waals surface area contributed by atoms with Crippen molar-refractivity contribution in [3.05, 3.63) is 162 Å². The average Bonchev–Trinajstić information content (AvgIpc) is 3.87. The molecule has 9 nitrogen and oxygen atoms in total. The number of hydrogen-bond acceptors (Lipinski definition) is 5. The van der Waals surface area contributed by atoms with Gasteiger partial charge in [-0.3, -0.25) is 4.98 Å². The first-order valence-corrected chi connectivity index (χ1v) is 16.6. The van der Waals surface area contributed by atoms with Crippen molar-refractivity contribution < 1.29 is 45.3 Å². The van der Waals surface area contributed by atoms with Crippen molar-refractivity contribution in [1.82, 2.24) is 29.4 Å². The van der Waals surface area contributed by atoms with Crippen molar-refractivity contribution in [2.24, 2.45) is 0 Å². The van der Waals surface area contributed by atoms with Gasteiger partial charge in [0.2, 0.25) is 0 Å². The van der Waals surface area contributed by atoms with Gasteiger partial charge in [0.25, 0.3) is 0 Å². The number of halogens is 2. The van der Waals surface area contributed by atoms with Gasteiger partial charge in [-0.15, -0.1) is 0 Å². The van der Waals surface area contributed by atoms with Gasteiger partial charge in [0, 0.05) is 63.0 Å². The topological polar surface area (TPSA) is 144 Å². The van der Waals surface area contributed by atoms with E-state index >= 15 is 0 Å². The van der Waals surface area contributed by atoms with E-state index in [0.29, 0.717) is 0 Å². The van der Waals surface area contributed by atoms with Crippen LogP contribution in [0.15, 0.2) is 128 Å². The van der Waals surface area contributed by atoms with E-state index in [1.165, 1.54) is 41.0 Å². The molecule has 0 saturated heterocycles. The van der Waals surface area contributed by atoms with Gasteiger partial charge in [0.15, 0.2) is 0 Å². The third kappa shape index (κ3) is 9.36. The Bertz CT molecular complexity index is 2170. The van der Waals surface area contributed by atoms with Gasteiger partial charge in [-0.25, -0.2) is 18.7 Å². The molecule has 4 heterocycles. The summed E-state index contributed by atoms with van der Waals surface area (Å²) in [5.41, 5.74) is 9.39. The van der Waals surface area contributed by atoms with Crippen LogP contribution in [0.4, 0.5) is 8.78 Å². The number of aliphatic hydroxyl groups is 1. The van der Waals surface area contributed by atoms with Gasteiger partial charge < -0.3 is 30.5 Å². The molecule has 0 unspecified atom stereocenters. The van der Waals surface area contributed by atoms with Gasteiger partial charge in [0.05, 0.1) is 48.5 Å². The largest absolute Gasteiger partial charge is 0.412 e. The molecule has 0 bridgehead atoms. The summed E-state index contributed by atoms with van der Waals surface area (Å²) in [6.07, 6.45) is 12.2. The van der Waals surface area contributed by atoms with E-state index in [0.717, 1.165) is 65.5 Å². The molecule has 53 heavy (non-hydrogen) atoms. The summed E-state index contributed by atoms with van der Waals surface area (Å²) in [7, 11) is 1.00. The zero-order valence-corrected chi connectivity index (χ0v) is 31.2. The second-order valence-electron chi connectivity index (χ2n) is 12.1. The third-order valence-electron chi connectivity index (χ3n) is 9.24. The number of rotatable bonds is 6. The van der Waals surface area contributed by atoms with Crippen molar-refractivity contribution in [1.29, 1.82) is 0 Å². The van der Waals surface area contributed by atoms with E-state index < -0.39 is 0 Å². The normalized spacial score (nSPS) is 12.6. The number of nitrogens with one attached hydrogen (secondary N) is 1. The second kappa shape index (κ2) is 19.8. The summed E-state index contributed by atoms with van der Waals surface area (Å²) in [6, 6.07) is 28.1. The molecule has 2 atom stereocenters. The van der Waals surface area contributed by atoms with Crippen molar-refractivity contribution in [3.63, 3.8) is 0 Å². The molecule has 3 aromatic heterocycles. The molecule has 0 aliphatic carbocycles. The number of aromatic nitrogens is 5. The quantitative estimate of drug-likeness (QED) is 0.179. The van der Waals surface area contributed by atoms with Gasteiger partial charge in [0.1, 0.15) is 11.6 Å². The van der Waals surface area contributed by atoms with Gasteiger partial charge >= 0.3 is 0 Å². The SMILES string of the molecule is CO.C[C@H](c1ccc(F)cc1)n1cncc1-c1cccc2c1CCNC2.C[C@H](c1ccc(F)cc1)n1cncc1-c1cccc2cnccc12.O.O.[Pd]. The molecule has 12 heteroatoms. The fourth-order valence-corrected chi connectivity index (χ4v) is 6.57. The number of aliphatic hydroxyl groups excluding tert-OH is 1. The fraction of sp³-hybridized carbons (Fsp3) is 0.195. The van der Waals surface area contributed by atoms with Gasteiger partial charge in [-0.2, -0.15) is 0 Å². The van der Waals surface area contributed by atoms with E-state index in [2.05, 4.69) is 73.6 Å². The van der Waals surface area contributed by atoms with Crippen LogP contribution in [-0.4, -0.2) is 53.8 Å². The third-order valence-corrected chi connectivity index (χ3v) is 9.24. The number of fused-ring (bicyclic) bond motifs is 2. The predicted molar refractivity (Wildman–Crippen MR) is 202 cm³/mol. The van der Waals surface area contributed by atoms with Crippen molar-refractivity contribution >= 4 is 10.8 Å². The maximum absolute atomic E-state index is 13.2. The monoisotopic (exact) mass is 812 g/mol. The van der Waals surface area contributed by atoms with E-state index in [4.69, 9.17) is 5.11 Å². The molecular formula is C41H44F2N6O3Pd. The number of hydrogen-bond donors (Lipinski definition) is 2. The van der Waals surface area contributed by atoms with Gasteiger partial charge in [-0.05, 0) is 84.8 Å². The molecule has 8 rings (SSSR count).